The molecule has 6 nitrogen and oxygen atoms in total. The summed E-state index contributed by atoms with van der Waals surface area (Å²) in [5, 5.41) is 2.98. The van der Waals surface area contributed by atoms with Crippen LogP contribution in [0.4, 0.5) is 13.2 Å². The summed E-state index contributed by atoms with van der Waals surface area (Å²) in [4.78, 5) is 13.5. The molecule has 1 saturated heterocycles. The number of nitrogens with zero attached hydrogens (tertiary/aromatic N) is 1. The van der Waals surface area contributed by atoms with Gasteiger partial charge in [0.25, 0.3) is 0 Å². The van der Waals surface area contributed by atoms with Gasteiger partial charge in [0, 0.05) is 20.1 Å². The number of amides is 1. The van der Waals surface area contributed by atoms with Crippen molar-refractivity contribution >= 4 is 16.0 Å². The molecule has 22 heavy (non-hydrogen) atoms. The Kier molecular flexibility index (Phi) is 4.34. The van der Waals surface area contributed by atoms with Crippen molar-refractivity contribution in [2.75, 3.05) is 20.1 Å². The molecule has 1 aromatic carbocycles. The first-order valence-corrected chi connectivity index (χ1v) is 7.62. The number of benzene rings is 1. The van der Waals surface area contributed by atoms with Crippen molar-refractivity contribution < 1.29 is 30.6 Å². The number of piperazine rings is 1. The summed E-state index contributed by atoms with van der Waals surface area (Å²) in [6, 6.07) is 4.21. The van der Waals surface area contributed by atoms with E-state index in [9.17, 15) is 26.4 Å². The SMILES string of the molecule is CN1CCN[C@H](c2ccc(OS(=O)(=O)C(F)(F)F)cc2)C1=O. The second-order valence-electron chi connectivity index (χ2n) is 4.70. The van der Waals surface area contributed by atoms with Crippen LogP contribution in [0.2, 0.25) is 0 Å². The number of hydrogen-bond donors (Lipinski definition) is 1. The van der Waals surface area contributed by atoms with Crippen LogP contribution in [0.3, 0.4) is 0 Å². The lowest BCUT2D eigenvalue weighted by molar-refractivity contribution is -0.134. The number of likely N-dealkylation sites (N-methyl/N-ethyl adjacent to an activating group) is 1. The van der Waals surface area contributed by atoms with Gasteiger partial charge in [-0.3, -0.25) is 4.79 Å². The molecule has 0 aromatic heterocycles. The van der Waals surface area contributed by atoms with Crippen molar-refractivity contribution in [1.82, 2.24) is 10.2 Å². The molecule has 0 saturated carbocycles. The third-order valence-corrected chi connectivity index (χ3v) is 4.10. The molecule has 0 aliphatic carbocycles. The number of carbonyl (C=O) groups is 1. The monoisotopic (exact) mass is 338 g/mol. The van der Waals surface area contributed by atoms with Crippen LogP contribution in [0.25, 0.3) is 0 Å². The van der Waals surface area contributed by atoms with E-state index in [0.29, 0.717) is 18.7 Å². The first-order valence-electron chi connectivity index (χ1n) is 6.21. The van der Waals surface area contributed by atoms with Crippen molar-refractivity contribution in [3.05, 3.63) is 29.8 Å². The first kappa shape index (κ1) is 16.6. The maximum absolute atomic E-state index is 12.2. The molecular weight excluding hydrogens is 325 g/mol. The Hall–Kier alpha value is -1.81. The number of halogens is 3. The summed E-state index contributed by atoms with van der Waals surface area (Å²) in [6.07, 6.45) is 0. The zero-order valence-corrected chi connectivity index (χ0v) is 12.2. The molecule has 1 aliphatic rings. The van der Waals surface area contributed by atoms with Gasteiger partial charge in [-0.15, -0.1) is 0 Å². The lowest BCUT2D eigenvalue weighted by atomic mass is 10.0. The maximum Gasteiger partial charge on any atom is 0.534 e. The maximum atomic E-state index is 12.2. The van der Waals surface area contributed by atoms with Crippen LogP contribution < -0.4 is 9.50 Å². The highest BCUT2D eigenvalue weighted by Gasteiger charge is 2.48. The van der Waals surface area contributed by atoms with E-state index >= 15 is 0 Å². The Morgan fingerprint density at radius 2 is 1.86 bits per heavy atom. The Morgan fingerprint density at radius 1 is 1.27 bits per heavy atom. The summed E-state index contributed by atoms with van der Waals surface area (Å²) in [7, 11) is -4.06. The molecule has 122 valence electrons. The highest BCUT2D eigenvalue weighted by Crippen LogP contribution is 2.28. The average molecular weight is 338 g/mol. The van der Waals surface area contributed by atoms with Gasteiger partial charge in [-0.25, -0.2) is 0 Å². The molecule has 1 amide bonds. The van der Waals surface area contributed by atoms with E-state index in [2.05, 4.69) is 9.50 Å². The Bertz CT molecular complexity index is 658. The lowest BCUT2D eigenvalue weighted by Crippen LogP contribution is -2.48. The summed E-state index contributed by atoms with van der Waals surface area (Å²) < 4.78 is 62.4. The number of carbonyl (C=O) groups excluding carboxylic acids is 1. The minimum atomic E-state index is -5.70. The molecule has 1 aromatic rings. The summed E-state index contributed by atoms with van der Waals surface area (Å²) in [5.74, 6) is -0.652. The fraction of sp³-hybridized carbons (Fsp3) is 0.417. The molecule has 1 heterocycles. The van der Waals surface area contributed by atoms with Crippen LogP contribution in [-0.4, -0.2) is 44.9 Å². The smallest absolute Gasteiger partial charge is 0.376 e. The zero-order valence-electron chi connectivity index (χ0n) is 11.4. The molecule has 0 unspecified atom stereocenters. The van der Waals surface area contributed by atoms with E-state index < -0.39 is 27.4 Å². The molecule has 1 N–H and O–H groups in total. The second kappa shape index (κ2) is 5.76. The normalized spacial score (nSPS) is 20.1. The quantitative estimate of drug-likeness (QED) is 0.658. The fourth-order valence-electron chi connectivity index (χ4n) is 1.94. The van der Waals surface area contributed by atoms with Gasteiger partial charge < -0.3 is 14.4 Å². The predicted octanol–water partition coefficient (Wildman–Crippen LogP) is 1.02. The Morgan fingerprint density at radius 3 is 2.41 bits per heavy atom. The molecule has 1 fully saturated rings. The van der Waals surface area contributed by atoms with Gasteiger partial charge in [0.1, 0.15) is 11.8 Å². The second-order valence-corrected chi connectivity index (χ2v) is 6.24. The Balaban J connectivity index is 2.16. The summed E-state index contributed by atoms with van der Waals surface area (Å²) in [5.41, 5.74) is -4.98. The van der Waals surface area contributed by atoms with Crippen molar-refractivity contribution in [1.29, 1.82) is 0 Å². The van der Waals surface area contributed by atoms with Crippen molar-refractivity contribution in [3.8, 4) is 5.75 Å². The van der Waals surface area contributed by atoms with E-state index in [1.165, 1.54) is 17.0 Å². The van der Waals surface area contributed by atoms with Gasteiger partial charge in [-0.1, -0.05) is 12.1 Å². The largest absolute Gasteiger partial charge is 0.534 e. The van der Waals surface area contributed by atoms with Gasteiger partial charge in [0.2, 0.25) is 5.91 Å². The van der Waals surface area contributed by atoms with Gasteiger partial charge in [0.05, 0.1) is 0 Å². The van der Waals surface area contributed by atoms with E-state index in [1.54, 1.807) is 7.05 Å². The third kappa shape index (κ3) is 3.33. The molecule has 10 heteroatoms. The average Bonchev–Trinajstić information content (AvgIpc) is 2.41. The number of alkyl halides is 3. The fourth-order valence-corrected chi connectivity index (χ4v) is 2.40. The molecule has 2 rings (SSSR count). The lowest BCUT2D eigenvalue weighted by Gasteiger charge is -2.30. The molecule has 0 bridgehead atoms. The predicted molar refractivity (Wildman–Crippen MR) is 70.4 cm³/mol. The summed E-state index contributed by atoms with van der Waals surface area (Å²) in [6.45, 7) is 1.13. The Labute approximate surface area is 125 Å². The standard InChI is InChI=1S/C12H13F3N2O4S/c1-17-7-6-16-10(11(17)18)8-2-4-9(5-3-8)21-22(19,20)12(13,14)15/h2-5,10,16H,6-7H2,1H3/t10-/m1/s1. The number of hydrogen-bond acceptors (Lipinski definition) is 5. The zero-order chi connectivity index (χ0) is 16.5. The topological polar surface area (TPSA) is 75.7 Å². The molecule has 1 atom stereocenters. The third-order valence-electron chi connectivity index (χ3n) is 3.12. The van der Waals surface area contributed by atoms with Gasteiger partial charge in [0.15, 0.2) is 0 Å². The molecule has 0 spiro atoms. The van der Waals surface area contributed by atoms with Crippen LogP contribution in [0.15, 0.2) is 24.3 Å². The van der Waals surface area contributed by atoms with Crippen molar-refractivity contribution in [2.24, 2.45) is 0 Å². The highest BCUT2D eigenvalue weighted by molar-refractivity contribution is 7.87. The van der Waals surface area contributed by atoms with Gasteiger partial charge in [-0.05, 0) is 17.7 Å². The van der Waals surface area contributed by atoms with Gasteiger partial charge >= 0.3 is 15.6 Å². The minimum absolute atomic E-state index is 0.178. The molecular formula is C12H13F3N2O4S. The van der Waals surface area contributed by atoms with Crippen molar-refractivity contribution in [3.63, 3.8) is 0 Å². The van der Waals surface area contributed by atoms with E-state index in [4.69, 9.17) is 0 Å². The summed E-state index contributed by atoms with van der Waals surface area (Å²) >= 11 is 0. The highest BCUT2D eigenvalue weighted by atomic mass is 32.2. The molecule has 0 radical (unpaired) electrons. The van der Waals surface area contributed by atoms with Crippen LogP contribution >= 0.6 is 0 Å². The number of rotatable bonds is 3. The number of nitrogens with one attached hydrogen (secondary N) is 1. The van der Waals surface area contributed by atoms with Crippen LogP contribution in [0.5, 0.6) is 5.75 Å². The van der Waals surface area contributed by atoms with Crippen LogP contribution in [-0.2, 0) is 14.9 Å². The minimum Gasteiger partial charge on any atom is -0.376 e. The van der Waals surface area contributed by atoms with E-state index in [0.717, 1.165) is 12.1 Å². The van der Waals surface area contributed by atoms with E-state index in [1.807, 2.05) is 0 Å². The van der Waals surface area contributed by atoms with Crippen LogP contribution in [0.1, 0.15) is 11.6 Å². The van der Waals surface area contributed by atoms with Crippen LogP contribution in [0, 0.1) is 0 Å². The van der Waals surface area contributed by atoms with Gasteiger partial charge in [-0.2, -0.15) is 21.6 Å². The molecule has 1 aliphatic heterocycles. The van der Waals surface area contributed by atoms with E-state index in [-0.39, 0.29) is 5.91 Å². The first-order chi connectivity index (χ1) is 10.1. The van der Waals surface area contributed by atoms with Crippen molar-refractivity contribution in [2.45, 2.75) is 11.6 Å².